The number of amides is 1. The summed E-state index contributed by atoms with van der Waals surface area (Å²) in [7, 11) is 2.12. The van der Waals surface area contributed by atoms with Gasteiger partial charge in [0.05, 0.1) is 28.9 Å². The lowest BCUT2D eigenvalue weighted by atomic mass is 10.0. The Hall–Kier alpha value is -4.18. The Labute approximate surface area is 218 Å². The molecule has 1 amide bonds. The summed E-state index contributed by atoms with van der Waals surface area (Å²) in [4.78, 5) is 38.5. The van der Waals surface area contributed by atoms with E-state index in [1.807, 2.05) is 12.1 Å². The second-order valence-corrected chi connectivity index (χ2v) is 10.1. The number of anilines is 1. The molecule has 0 unspecified atom stereocenters. The predicted octanol–water partition coefficient (Wildman–Crippen LogP) is 3.11. The number of nitrogens with zero attached hydrogens (tertiary/aromatic N) is 5. The van der Waals surface area contributed by atoms with E-state index >= 15 is 0 Å². The van der Waals surface area contributed by atoms with Gasteiger partial charge in [0.25, 0.3) is 11.5 Å². The minimum Gasteiger partial charge on any atom is -0.351 e. The third-order valence-electron chi connectivity index (χ3n) is 7.40. The third-order valence-corrected chi connectivity index (χ3v) is 7.40. The maximum absolute atomic E-state index is 14.8. The summed E-state index contributed by atoms with van der Waals surface area (Å²) in [6.07, 6.45) is 4.16. The summed E-state index contributed by atoms with van der Waals surface area (Å²) in [6.45, 7) is 2.70. The van der Waals surface area contributed by atoms with Crippen molar-refractivity contribution in [2.75, 3.05) is 25.5 Å². The number of nitrogens with one attached hydrogen (secondary N) is 2. The molecule has 38 heavy (non-hydrogen) atoms. The quantitative estimate of drug-likeness (QED) is 0.422. The molecular weight excluding hydrogens is 485 g/mol. The van der Waals surface area contributed by atoms with E-state index in [1.165, 1.54) is 6.07 Å². The minimum absolute atomic E-state index is 0.00155. The number of fused-ring (bicyclic) bond motifs is 2. The van der Waals surface area contributed by atoms with Crippen LogP contribution in [-0.4, -0.2) is 62.1 Å². The predicted molar refractivity (Wildman–Crippen MR) is 141 cm³/mol. The highest BCUT2D eigenvalue weighted by Crippen LogP contribution is 2.26. The summed E-state index contributed by atoms with van der Waals surface area (Å²) in [5, 5.41) is 11.4. The number of aromatic amines is 1. The Kier molecular flexibility index (Phi) is 6.32. The summed E-state index contributed by atoms with van der Waals surface area (Å²) in [5.41, 5.74) is 2.76. The van der Waals surface area contributed by atoms with Crippen LogP contribution in [0.15, 0.2) is 53.5 Å². The van der Waals surface area contributed by atoms with E-state index in [1.54, 1.807) is 35.4 Å². The number of aromatic nitrogens is 4. The first-order valence-electron chi connectivity index (χ1n) is 12.8. The van der Waals surface area contributed by atoms with Crippen LogP contribution in [0.3, 0.4) is 0 Å². The Morgan fingerprint density at radius 2 is 1.92 bits per heavy atom. The molecule has 4 heterocycles. The first kappa shape index (κ1) is 24.2. The van der Waals surface area contributed by atoms with Crippen molar-refractivity contribution >= 4 is 22.6 Å². The molecule has 1 fully saturated rings. The minimum atomic E-state index is -0.579. The van der Waals surface area contributed by atoms with Crippen molar-refractivity contribution in [3.05, 3.63) is 92.9 Å². The number of H-pyrrole nitrogens is 1. The van der Waals surface area contributed by atoms with Crippen LogP contribution in [0.5, 0.6) is 0 Å². The topological polar surface area (TPSA) is 107 Å². The van der Waals surface area contributed by atoms with Crippen molar-refractivity contribution in [1.82, 2.24) is 30.0 Å². The second-order valence-electron chi connectivity index (χ2n) is 10.1. The van der Waals surface area contributed by atoms with Crippen LogP contribution < -0.4 is 10.9 Å². The third kappa shape index (κ3) is 4.74. The number of rotatable bonds is 5. The van der Waals surface area contributed by atoms with Gasteiger partial charge < -0.3 is 15.1 Å². The average Bonchev–Trinajstić information content (AvgIpc) is 3.36. The first-order valence-corrected chi connectivity index (χ1v) is 12.8. The standard InChI is InChI=1S/C28H28FN7O2/c1-35-10-8-19(9-11-35)31-28-30-14-18-15-36(16-25(18)32-28)27(38)22-12-17(6-7-23(22)29)13-24-20-4-2-3-5-21(20)26(37)34-33-24/h2-7,12,14,19H,8-11,13,15-16H2,1H3,(H,34,37)(H,30,31,32). The van der Waals surface area contributed by atoms with Crippen LogP contribution in [-0.2, 0) is 19.5 Å². The lowest BCUT2D eigenvalue weighted by Crippen LogP contribution is -2.37. The molecule has 0 aliphatic carbocycles. The molecule has 2 aliphatic heterocycles. The first-order chi connectivity index (χ1) is 18.4. The van der Waals surface area contributed by atoms with Crippen molar-refractivity contribution in [3.63, 3.8) is 0 Å². The molecule has 0 atom stereocenters. The molecule has 2 aliphatic rings. The van der Waals surface area contributed by atoms with Gasteiger partial charge in [-0.2, -0.15) is 5.10 Å². The molecule has 2 aromatic carbocycles. The van der Waals surface area contributed by atoms with Crippen LogP contribution >= 0.6 is 0 Å². The van der Waals surface area contributed by atoms with E-state index in [0.717, 1.165) is 48.1 Å². The number of benzene rings is 2. The van der Waals surface area contributed by atoms with Gasteiger partial charge in [-0.15, -0.1) is 0 Å². The highest BCUT2D eigenvalue weighted by Gasteiger charge is 2.28. The smallest absolute Gasteiger partial charge is 0.272 e. The fraction of sp³-hybridized carbons (Fsp3) is 0.321. The molecule has 4 aromatic rings. The molecule has 0 saturated carbocycles. The van der Waals surface area contributed by atoms with Crippen LogP contribution in [0.4, 0.5) is 10.3 Å². The van der Waals surface area contributed by atoms with Gasteiger partial charge in [-0.05, 0) is 56.7 Å². The van der Waals surface area contributed by atoms with E-state index in [2.05, 4.69) is 37.4 Å². The van der Waals surface area contributed by atoms with E-state index in [0.29, 0.717) is 42.6 Å². The Morgan fingerprint density at radius 3 is 2.74 bits per heavy atom. The van der Waals surface area contributed by atoms with Crippen molar-refractivity contribution in [3.8, 4) is 0 Å². The lowest BCUT2D eigenvalue weighted by Gasteiger charge is -2.29. The molecule has 0 bridgehead atoms. The van der Waals surface area contributed by atoms with Crippen molar-refractivity contribution in [2.24, 2.45) is 0 Å². The summed E-state index contributed by atoms with van der Waals surface area (Å²) < 4.78 is 14.8. The van der Waals surface area contributed by atoms with Gasteiger partial charge in [0.15, 0.2) is 0 Å². The fourth-order valence-corrected chi connectivity index (χ4v) is 5.22. The van der Waals surface area contributed by atoms with Gasteiger partial charge in [0.2, 0.25) is 5.95 Å². The lowest BCUT2D eigenvalue weighted by molar-refractivity contribution is 0.0745. The van der Waals surface area contributed by atoms with Crippen molar-refractivity contribution in [1.29, 1.82) is 0 Å². The SMILES string of the molecule is CN1CCC(Nc2ncc3c(n2)CN(C(=O)c2cc(Cc4n[nH]c(=O)c5ccccc45)ccc2F)C3)CC1. The van der Waals surface area contributed by atoms with Gasteiger partial charge in [0.1, 0.15) is 5.82 Å². The van der Waals surface area contributed by atoms with Gasteiger partial charge in [-0.25, -0.2) is 19.5 Å². The Bertz CT molecular complexity index is 1580. The monoisotopic (exact) mass is 513 g/mol. The van der Waals surface area contributed by atoms with Gasteiger partial charge in [0, 0.05) is 36.2 Å². The molecule has 6 rings (SSSR count). The number of hydrogen-bond donors (Lipinski definition) is 2. The molecule has 9 nitrogen and oxygen atoms in total. The molecular formula is C28H28FN7O2. The van der Waals surface area contributed by atoms with Crippen LogP contribution in [0.2, 0.25) is 0 Å². The average molecular weight is 514 g/mol. The summed E-state index contributed by atoms with van der Waals surface area (Å²) in [6, 6.07) is 12.1. The molecule has 194 valence electrons. The second kappa shape index (κ2) is 9.94. The molecule has 2 aromatic heterocycles. The Morgan fingerprint density at radius 1 is 1.13 bits per heavy atom. The van der Waals surface area contributed by atoms with E-state index in [-0.39, 0.29) is 11.1 Å². The fourth-order valence-electron chi connectivity index (χ4n) is 5.22. The van der Waals surface area contributed by atoms with Gasteiger partial charge in [-0.3, -0.25) is 9.59 Å². The van der Waals surface area contributed by atoms with Crippen LogP contribution in [0.25, 0.3) is 10.8 Å². The number of carbonyl (C=O) groups is 1. The zero-order chi connectivity index (χ0) is 26.2. The van der Waals surface area contributed by atoms with E-state index in [4.69, 9.17) is 0 Å². The molecule has 0 radical (unpaired) electrons. The number of hydrogen-bond acceptors (Lipinski definition) is 7. The molecule has 1 saturated heterocycles. The number of piperidine rings is 1. The largest absolute Gasteiger partial charge is 0.351 e. The zero-order valence-electron chi connectivity index (χ0n) is 21.1. The molecule has 0 spiro atoms. The maximum atomic E-state index is 14.8. The Balaban J connectivity index is 1.19. The van der Waals surface area contributed by atoms with E-state index in [9.17, 15) is 14.0 Å². The summed E-state index contributed by atoms with van der Waals surface area (Å²) in [5.74, 6) is -0.405. The van der Waals surface area contributed by atoms with Crippen molar-refractivity contribution in [2.45, 2.75) is 38.4 Å². The van der Waals surface area contributed by atoms with Crippen molar-refractivity contribution < 1.29 is 9.18 Å². The maximum Gasteiger partial charge on any atom is 0.272 e. The van der Waals surface area contributed by atoms with E-state index < -0.39 is 11.7 Å². The zero-order valence-corrected chi connectivity index (χ0v) is 21.1. The number of likely N-dealkylation sites (tertiary alicyclic amines) is 1. The van der Waals surface area contributed by atoms with Crippen LogP contribution in [0, 0.1) is 5.82 Å². The molecule has 10 heteroatoms. The highest BCUT2D eigenvalue weighted by atomic mass is 19.1. The number of halogens is 1. The highest BCUT2D eigenvalue weighted by molar-refractivity contribution is 5.95. The van der Waals surface area contributed by atoms with Crippen LogP contribution in [0.1, 0.15) is 45.7 Å². The normalized spacial score (nSPS) is 16.1. The van der Waals surface area contributed by atoms with Gasteiger partial charge >= 0.3 is 0 Å². The van der Waals surface area contributed by atoms with Gasteiger partial charge in [-0.1, -0.05) is 24.3 Å². The molecule has 2 N–H and O–H groups in total. The number of carbonyl (C=O) groups excluding carboxylic acids is 1. The summed E-state index contributed by atoms with van der Waals surface area (Å²) >= 11 is 0.